The van der Waals surface area contributed by atoms with Crippen molar-refractivity contribution in [1.29, 1.82) is 0 Å². The van der Waals surface area contributed by atoms with Crippen molar-refractivity contribution in [3.63, 3.8) is 0 Å². The molecule has 0 aromatic carbocycles. The van der Waals surface area contributed by atoms with Crippen molar-refractivity contribution >= 4 is 0 Å². The fraction of sp³-hybridized carbons (Fsp3) is 0.833. The van der Waals surface area contributed by atoms with E-state index in [4.69, 9.17) is 4.74 Å². The molecule has 0 amide bonds. The number of allylic oxidation sites excluding steroid dienone is 1. The van der Waals surface area contributed by atoms with E-state index in [0.717, 1.165) is 25.8 Å². The molecule has 0 rings (SSSR count). The second-order valence-corrected chi connectivity index (χ2v) is 3.61. The molecule has 0 aliphatic carbocycles. The first-order chi connectivity index (χ1) is 6.79. The molecule has 0 bridgehead atoms. The van der Waals surface area contributed by atoms with Crippen molar-refractivity contribution in [2.75, 3.05) is 13.7 Å². The second kappa shape index (κ2) is 9.22. The number of rotatable bonds is 9. The van der Waals surface area contributed by atoms with Crippen LogP contribution in [0.2, 0.25) is 0 Å². The molecule has 0 aliphatic heterocycles. The van der Waals surface area contributed by atoms with Gasteiger partial charge in [-0.25, -0.2) is 0 Å². The normalized spacial score (nSPS) is 15.1. The van der Waals surface area contributed by atoms with Gasteiger partial charge >= 0.3 is 0 Å². The van der Waals surface area contributed by atoms with Gasteiger partial charge in [-0.05, 0) is 32.2 Å². The topological polar surface area (TPSA) is 21.3 Å². The molecule has 0 aromatic heterocycles. The van der Waals surface area contributed by atoms with Gasteiger partial charge < -0.3 is 10.1 Å². The van der Waals surface area contributed by atoms with Crippen LogP contribution in [-0.2, 0) is 4.74 Å². The number of hydrogen-bond acceptors (Lipinski definition) is 2. The summed E-state index contributed by atoms with van der Waals surface area (Å²) in [4.78, 5) is 0. The van der Waals surface area contributed by atoms with Gasteiger partial charge in [0.05, 0.1) is 6.10 Å². The van der Waals surface area contributed by atoms with Crippen LogP contribution in [0.4, 0.5) is 0 Å². The smallest absolute Gasteiger partial charge is 0.0721 e. The van der Waals surface area contributed by atoms with Crippen LogP contribution < -0.4 is 5.32 Å². The summed E-state index contributed by atoms with van der Waals surface area (Å²) < 4.78 is 5.46. The van der Waals surface area contributed by atoms with Gasteiger partial charge in [-0.2, -0.15) is 0 Å². The Labute approximate surface area is 88.7 Å². The van der Waals surface area contributed by atoms with Crippen molar-refractivity contribution in [2.45, 2.75) is 51.7 Å². The van der Waals surface area contributed by atoms with Gasteiger partial charge in [0.15, 0.2) is 0 Å². The van der Waals surface area contributed by atoms with Crippen molar-refractivity contribution in [2.24, 2.45) is 0 Å². The van der Waals surface area contributed by atoms with Crippen LogP contribution in [-0.4, -0.2) is 25.8 Å². The molecule has 0 aromatic rings. The molecule has 0 aliphatic rings. The van der Waals surface area contributed by atoms with Crippen molar-refractivity contribution < 1.29 is 4.74 Å². The molecule has 2 nitrogen and oxygen atoms in total. The minimum Gasteiger partial charge on any atom is -0.380 e. The molecule has 0 saturated heterocycles. The Hall–Kier alpha value is -0.340. The highest BCUT2D eigenvalue weighted by Crippen LogP contribution is 2.09. The molecule has 2 heteroatoms. The molecular formula is C12H25NO. The predicted molar refractivity (Wildman–Crippen MR) is 62.6 cm³/mol. The fourth-order valence-corrected chi connectivity index (χ4v) is 1.66. The zero-order valence-corrected chi connectivity index (χ0v) is 9.88. The van der Waals surface area contributed by atoms with Crippen LogP contribution in [0.25, 0.3) is 0 Å². The summed E-state index contributed by atoms with van der Waals surface area (Å²) in [6.45, 7) is 9.18. The summed E-state index contributed by atoms with van der Waals surface area (Å²) in [7, 11) is 1.79. The van der Waals surface area contributed by atoms with Gasteiger partial charge in [0.2, 0.25) is 0 Å². The zero-order chi connectivity index (χ0) is 10.8. The number of methoxy groups -OCH3 is 1. The van der Waals surface area contributed by atoms with Gasteiger partial charge in [-0.1, -0.05) is 19.9 Å². The van der Waals surface area contributed by atoms with Crippen LogP contribution in [0.15, 0.2) is 12.7 Å². The molecule has 2 atom stereocenters. The predicted octanol–water partition coefficient (Wildman–Crippen LogP) is 2.75. The van der Waals surface area contributed by atoms with E-state index in [1.54, 1.807) is 7.11 Å². The molecule has 0 spiro atoms. The van der Waals surface area contributed by atoms with E-state index in [2.05, 4.69) is 25.7 Å². The maximum atomic E-state index is 5.46. The molecule has 14 heavy (non-hydrogen) atoms. The maximum absolute atomic E-state index is 5.46. The lowest BCUT2D eigenvalue weighted by atomic mass is 10.0. The van der Waals surface area contributed by atoms with Crippen molar-refractivity contribution in [3.05, 3.63) is 12.7 Å². The third-order valence-corrected chi connectivity index (χ3v) is 2.49. The summed E-state index contributed by atoms with van der Waals surface area (Å²) >= 11 is 0. The molecule has 0 fully saturated rings. The Morgan fingerprint density at radius 1 is 1.43 bits per heavy atom. The quantitative estimate of drug-likeness (QED) is 0.577. The summed E-state index contributed by atoms with van der Waals surface area (Å²) in [5.74, 6) is 0. The highest BCUT2D eigenvalue weighted by Gasteiger charge is 2.17. The Morgan fingerprint density at radius 3 is 2.57 bits per heavy atom. The second-order valence-electron chi connectivity index (χ2n) is 3.61. The summed E-state index contributed by atoms with van der Waals surface area (Å²) in [6.07, 6.45) is 6.72. The van der Waals surface area contributed by atoms with E-state index >= 15 is 0 Å². The van der Waals surface area contributed by atoms with E-state index in [9.17, 15) is 0 Å². The van der Waals surface area contributed by atoms with E-state index in [-0.39, 0.29) is 0 Å². The van der Waals surface area contributed by atoms with E-state index < -0.39 is 0 Å². The lowest BCUT2D eigenvalue weighted by Gasteiger charge is -2.25. The lowest BCUT2D eigenvalue weighted by molar-refractivity contribution is 0.0628. The first kappa shape index (κ1) is 13.7. The van der Waals surface area contributed by atoms with Gasteiger partial charge in [0, 0.05) is 13.2 Å². The molecule has 2 unspecified atom stereocenters. The highest BCUT2D eigenvalue weighted by molar-refractivity contribution is 4.79. The van der Waals surface area contributed by atoms with Gasteiger partial charge in [0.25, 0.3) is 0 Å². The number of ether oxygens (including phenoxy) is 1. The molecule has 0 radical (unpaired) electrons. The highest BCUT2D eigenvalue weighted by atomic mass is 16.5. The summed E-state index contributed by atoms with van der Waals surface area (Å²) in [5, 5.41) is 3.53. The van der Waals surface area contributed by atoms with E-state index in [0.29, 0.717) is 12.1 Å². The van der Waals surface area contributed by atoms with E-state index in [1.807, 2.05) is 6.08 Å². The van der Waals surface area contributed by atoms with E-state index in [1.165, 1.54) is 6.42 Å². The van der Waals surface area contributed by atoms with Gasteiger partial charge in [0.1, 0.15) is 0 Å². The SMILES string of the molecule is C=CCCC(NCCC)C(CC)OC. The third-order valence-electron chi connectivity index (χ3n) is 2.49. The lowest BCUT2D eigenvalue weighted by Crippen LogP contribution is -2.40. The summed E-state index contributed by atoms with van der Waals surface area (Å²) in [5.41, 5.74) is 0. The monoisotopic (exact) mass is 199 g/mol. The number of nitrogens with one attached hydrogen (secondary N) is 1. The van der Waals surface area contributed by atoms with Crippen LogP contribution >= 0.6 is 0 Å². The largest absolute Gasteiger partial charge is 0.380 e. The molecule has 84 valence electrons. The number of hydrogen-bond donors (Lipinski definition) is 1. The average molecular weight is 199 g/mol. The Balaban J connectivity index is 3.98. The molecule has 0 saturated carbocycles. The minimum absolute atomic E-state index is 0.335. The zero-order valence-electron chi connectivity index (χ0n) is 9.88. The summed E-state index contributed by atoms with van der Waals surface area (Å²) in [6, 6.07) is 0.475. The first-order valence-electron chi connectivity index (χ1n) is 5.67. The van der Waals surface area contributed by atoms with Crippen LogP contribution in [0.5, 0.6) is 0 Å². The molecule has 1 N–H and O–H groups in total. The molecular weight excluding hydrogens is 174 g/mol. The fourth-order valence-electron chi connectivity index (χ4n) is 1.66. The third kappa shape index (κ3) is 5.40. The standard InChI is InChI=1S/C12H25NO/c1-5-8-9-11(13-10-6-2)12(7-3)14-4/h5,11-13H,1,6-10H2,2-4H3. The van der Waals surface area contributed by atoms with Crippen molar-refractivity contribution in [3.8, 4) is 0 Å². The van der Waals surface area contributed by atoms with Crippen LogP contribution in [0, 0.1) is 0 Å². The maximum Gasteiger partial charge on any atom is 0.0721 e. The average Bonchev–Trinajstić information content (AvgIpc) is 2.22. The Morgan fingerprint density at radius 2 is 2.14 bits per heavy atom. The first-order valence-corrected chi connectivity index (χ1v) is 5.67. The van der Waals surface area contributed by atoms with Gasteiger partial charge in [-0.15, -0.1) is 6.58 Å². The van der Waals surface area contributed by atoms with Crippen molar-refractivity contribution in [1.82, 2.24) is 5.32 Å². The van der Waals surface area contributed by atoms with Crippen LogP contribution in [0.3, 0.4) is 0 Å². The Bertz CT molecular complexity index is 132. The Kier molecular flexibility index (Phi) is 9.00. The minimum atomic E-state index is 0.335. The molecule has 0 heterocycles. The van der Waals surface area contributed by atoms with Gasteiger partial charge in [-0.3, -0.25) is 0 Å². The van der Waals surface area contributed by atoms with Crippen LogP contribution in [0.1, 0.15) is 39.5 Å².